The molecule has 0 spiro atoms. The van der Waals surface area contributed by atoms with Crippen LogP contribution in [-0.2, 0) is 9.59 Å². The molecule has 1 aliphatic carbocycles. The first-order valence-corrected chi connectivity index (χ1v) is 8.35. The van der Waals surface area contributed by atoms with Gasteiger partial charge >= 0.3 is 0 Å². The fourth-order valence-corrected chi connectivity index (χ4v) is 3.88. The number of aryl methyl sites for hydroxylation is 1. The summed E-state index contributed by atoms with van der Waals surface area (Å²) in [5.41, 5.74) is 2.15. The molecule has 1 fully saturated rings. The summed E-state index contributed by atoms with van der Waals surface area (Å²) in [6.45, 7) is 3.43. The molecule has 0 unspecified atom stereocenters. The quantitative estimate of drug-likeness (QED) is 0.926. The molecule has 2 aliphatic rings. The van der Waals surface area contributed by atoms with Crippen LogP contribution in [0.1, 0.15) is 44.6 Å². The van der Waals surface area contributed by atoms with E-state index in [1.807, 2.05) is 31.2 Å². The number of rotatable bonds is 3. The maximum absolute atomic E-state index is 12.6. The Morgan fingerprint density at radius 3 is 2.30 bits per heavy atom. The van der Waals surface area contributed by atoms with E-state index in [0.717, 1.165) is 36.9 Å². The normalized spacial score (nSPS) is 22.8. The molecule has 122 valence electrons. The number of carbonyl (C=O) groups is 2. The van der Waals surface area contributed by atoms with Gasteiger partial charge in [-0.1, -0.05) is 37.0 Å². The van der Waals surface area contributed by atoms with Crippen LogP contribution in [0.3, 0.4) is 0 Å². The van der Waals surface area contributed by atoms with Crippen LogP contribution in [0.2, 0.25) is 0 Å². The molecule has 0 radical (unpaired) electrons. The highest BCUT2D eigenvalue weighted by molar-refractivity contribution is 6.16. The van der Waals surface area contributed by atoms with Gasteiger partial charge in [-0.15, -0.1) is 0 Å². The lowest BCUT2D eigenvalue weighted by atomic mass is 9.80. The second kappa shape index (κ2) is 6.19. The summed E-state index contributed by atoms with van der Waals surface area (Å²) in [5, 5.41) is 10.3. The van der Waals surface area contributed by atoms with Gasteiger partial charge in [0.05, 0.1) is 11.6 Å². The summed E-state index contributed by atoms with van der Waals surface area (Å²) < 4.78 is 0. The van der Waals surface area contributed by atoms with Crippen LogP contribution < -0.4 is 4.90 Å². The highest BCUT2D eigenvalue weighted by Gasteiger charge is 2.46. The minimum absolute atomic E-state index is 0.207. The molecule has 1 aromatic carbocycles. The van der Waals surface area contributed by atoms with E-state index in [2.05, 4.69) is 0 Å². The van der Waals surface area contributed by atoms with Crippen molar-refractivity contribution in [2.24, 2.45) is 5.92 Å². The monoisotopic (exact) mass is 313 g/mol. The van der Waals surface area contributed by atoms with E-state index >= 15 is 0 Å². The lowest BCUT2D eigenvalue weighted by molar-refractivity contribution is -0.117. The van der Waals surface area contributed by atoms with E-state index in [9.17, 15) is 14.7 Å². The molecule has 0 saturated heterocycles. The summed E-state index contributed by atoms with van der Waals surface area (Å²) in [6, 6.07) is 7.34. The van der Waals surface area contributed by atoms with E-state index in [-0.39, 0.29) is 23.5 Å². The van der Waals surface area contributed by atoms with Gasteiger partial charge in [-0.05, 0) is 44.7 Å². The number of anilines is 1. The van der Waals surface area contributed by atoms with Gasteiger partial charge in [0.2, 0.25) is 0 Å². The number of aliphatic hydroxyl groups excluding tert-OH is 1. The SMILES string of the molecule is CC(=O)C1=C(O)C(=O)N(c2ccc(C)cc2)[C@H]1C1CCCCC1. The highest BCUT2D eigenvalue weighted by atomic mass is 16.3. The van der Waals surface area contributed by atoms with Crippen molar-refractivity contribution in [2.75, 3.05) is 4.90 Å². The Kier molecular flexibility index (Phi) is 4.24. The largest absolute Gasteiger partial charge is 0.503 e. The van der Waals surface area contributed by atoms with Crippen LogP contribution in [0.5, 0.6) is 0 Å². The number of Topliss-reactive ketones (excluding diaryl/α,β-unsaturated/α-hetero) is 1. The maximum Gasteiger partial charge on any atom is 0.294 e. The Labute approximate surface area is 136 Å². The number of aliphatic hydroxyl groups is 1. The first-order valence-electron chi connectivity index (χ1n) is 8.35. The summed E-state index contributed by atoms with van der Waals surface area (Å²) in [4.78, 5) is 26.3. The fraction of sp³-hybridized carbons (Fsp3) is 0.474. The third-order valence-corrected chi connectivity index (χ3v) is 5.04. The Hall–Kier alpha value is -2.10. The maximum atomic E-state index is 12.6. The lowest BCUT2D eigenvalue weighted by Crippen LogP contribution is -2.42. The van der Waals surface area contributed by atoms with Crippen molar-refractivity contribution < 1.29 is 14.7 Å². The minimum atomic E-state index is -0.449. The van der Waals surface area contributed by atoms with Crippen molar-refractivity contribution in [1.82, 2.24) is 0 Å². The first kappa shape index (κ1) is 15.8. The van der Waals surface area contributed by atoms with E-state index in [1.165, 1.54) is 13.3 Å². The van der Waals surface area contributed by atoms with Crippen LogP contribution in [0, 0.1) is 12.8 Å². The molecule has 1 N–H and O–H groups in total. The van der Waals surface area contributed by atoms with E-state index in [4.69, 9.17) is 0 Å². The van der Waals surface area contributed by atoms with Gasteiger partial charge in [-0.25, -0.2) is 0 Å². The average Bonchev–Trinajstić information content (AvgIpc) is 2.81. The summed E-state index contributed by atoms with van der Waals surface area (Å²) in [6.07, 6.45) is 5.41. The molecule has 1 aromatic rings. The number of nitrogens with zero attached hydrogens (tertiary/aromatic N) is 1. The highest BCUT2D eigenvalue weighted by Crippen LogP contribution is 2.40. The molecule has 1 heterocycles. The average molecular weight is 313 g/mol. The summed E-state index contributed by atoms with van der Waals surface area (Å²) in [5.74, 6) is -0.790. The first-order chi connectivity index (χ1) is 11.0. The number of hydrogen-bond acceptors (Lipinski definition) is 3. The van der Waals surface area contributed by atoms with Gasteiger partial charge in [0.1, 0.15) is 0 Å². The number of benzene rings is 1. The van der Waals surface area contributed by atoms with Crippen LogP contribution in [0.4, 0.5) is 5.69 Å². The molecule has 1 saturated carbocycles. The summed E-state index contributed by atoms with van der Waals surface area (Å²) >= 11 is 0. The molecular weight excluding hydrogens is 290 g/mol. The lowest BCUT2D eigenvalue weighted by Gasteiger charge is -2.35. The molecule has 23 heavy (non-hydrogen) atoms. The Balaban J connectivity index is 2.04. The van der Waals surface area contributed by atoms with Crippen molar-refractivity contribution in [1.29, 1.82) is 0 Å². The van der Waals surface area contributed by atoms with Crippen LogP contribution in [0.25, 0.3) is 0 Å². The third-order valence-electron chi connectivity index (χ3n) is 5.04. The van der Waals surface area contributed by atoms with Gasteiger partial charge in [0.25, 0.3) is 5.91 Å². The van der Waals surface area contributed by atoms with Gasteiger partial charge in [-0.3, -0.25) is 14.5 Å². The summed E-state index contributed by atoms with van der Waals surface area (Å²) in [7, 11) is 0. The molecule has 1 atom stereocenters. The molecule has 1 amide bonds. The molecule has 3 rings (SSSR count). The van der Waals surface area contributed by atoms with E-state index < -0.39 is 5.91 Å². The second-order valence-corrected chi connectivity index (χ2v) is 6.67. The van der Waals surface area contributed by atoms with Gasteiger partial charge < -0.3 is 5.11 Å². The van der Waals surface area contributed by atoms with Crippen molar-refractivity contribution in [2.45, 2.75) is 52.0 Å². The zero-order chi connectivity index (χ0) is 16.6. The van der Waals surface area contributed by atoms with Crippen molar-refractivity contribution in [3.63, 3.8) is 0 Å². The van der Waals surface area contributed by atoms with Crippen LogP contribution >= 0.6 is 0 Å². The number of amides is 1. The zero-order valence-corrected chi connectivity index (χ0v) is 13.7. The molecule has 4 heteroatoms. The molecule has 0 aromatic heterocycles. The zero-order valence-electron chi connectivity index (χ0n) is 13.7. The molecule has 1 aliphatic heterocycles. The number of carbonyl (C=O) groups excluding carboxylic acids is 2. The van der Waals surface area contributed by atoms with Crippen molar-refractivity contribution in [3.8, 4) is 0 Å². The van der Waals surface area contributed by atoms with Gasteiger partial charge in [0.15, 0.2) is 11.5 Å². The van der Waals surface area contributed by atoms with Crippen molar-refractivity contribution >= 4 is 17.4 Å². The standard InChI is InChI=1S/C19H23NO3/c1-12-8-10-15(11-9-12)20-17(14-6-4-3-5-7-14)16(13(2)21)18(22)19(20)23/h8-11,14,17,22H,3-7H2,1-2H3/t17-/m0/s1. The topological polar surface area (TPSA) is 57.6 Å². The molecule has 0 bridgehead atoms. The van der Waals surface area contributed by atoms with E-state index in [0.29, 0.717) is 5.57 Å². The third kappa shape index (κ3) is 2.78. The smallest absolute Gasteiger partial charge is 0.294 e. The van der Waals surface area contributed by atoms with E-state index in [1.54, 1.807) is 4.90 Å². The fourth-order valence-electron chi connectivity index (χ4n) is 3.88. The van der Waals surface area contributed by atoms with Crippen LogP contribution in [0.15, 0.2) is 35.6 Å². The molecular formula is C19H23NO3. The Bertz CT molecular complexity index is 654. The van der Waals surface area contributed by atoms with Crippen molar-refractivity contribution in [3.05, 3.63) is 41.2 Å². The predicted octanol–water partition coefficient (Wildman–Crippen LogP) is 3.69. The Morgan fingerprint density at radius 1 is 1.13 bits per heavy atom. The van der Waals surface area contributed by atoms with Gasteiger partial charge in [0, 0.05) is 5.69 Å². The molecule has 4 nitrogen and oxygen atoms in total. The number of ketones is 1. The minimum Gasteiger partial charge on any atom is -0.503 e. The Morgan fingerprint density at radius 2 is 1.74 bits per heavy atom. The second-order valence-electron chi connectivity index (χ2n) is 6.67. The predicted molar refractivity (Wildman–Crippen MR) is 89.4 cm³/mol. The van der Waals surface area contributed by atoms with Crippen LogP contribution in [-0.4, -0.2) is 22.8 Å². The van der Waals surface area contributed by atoms with Gasteiger partial charge in [-0.2, -0.15) is 0 Å². The number of hydrogen-bond donors (Lipinski definition) is 1.